The second kappa shape index (κ2) is 10.9. The van der Waals surface area contributed by atoms with Gasteiger partial charge in [0.2, 0.25) is 0 Å². The van der Waals surface area contributed by atoms with E-state index < -0.39 is 0 Å². The van der Waals surface area contributed by atoms with Crippen LogP contribution in [0.4, 0.5) is 5.69 Å². The molecule has 2 aromatic carbocycles. The van der Waals surface area contributed by atoms with Crippen molar-refractivity contribution < 1.29 is 4.74 Å². The summed E-state index contributed by atoms with van der Waals surface area (Å²) in [7, 11) is 0. The Bertz CT molecular complexity index is 824. The van der Waals surface area contributed by atoms with Crippen LogP contribution in [0.1, 0.15) is 23.1 Å². The van der Waals surface area contributed by atoms with E-state index in [1.54, 1.807) is 0 Å². The number of anilines is 1. The molecule has 0 bridgehead atoms. The second-order valence-electron chi connectivity index (χ2n) is 7.61. The molecule has 4 nitrogen and oxygen atoms in total. The summed E-state index contributed by atoms with van der Waals surface area (Å²) in [5.74, 6) is 0. The number of hydrogen-bond donors (Lipinski definition) is 1. The van der Waals surface area contributed by atoms with E-state index in [0.29, 0.717) is 5.02 Å². The first-order valence-corrected chi connectivity index (χ1v) is 11.0. The maximum atomic E-state index is 6.18. The molecule has 156 valence electrons. The monoisotopic (exact) mass is 431 g/mol. The fourth-order valence-corrected chi connectivity index (χ4v) is 3.95. The van der Waals surface area contributed by atoms with Crippen LogP contribution in [0, 0.1) is 13.8 Å². The lowest BCUT2D eigenvalue weighted by atomic mass is 10.1. The number of hydrogen-bond acceptors (Lipinski definition) is 3. The fraction of sp³-hybridized carbons (Fsp3) is 0.435. The molecule has 0 aromatic heterocycles. The number of morpholine rings is 1. The standard InChI is InChI=1S/C23H30ClN3OS/c1-18-5-3-6-20(15-18)17-27(10-4-9-26-11-13-28-14-12-26)23(29)25-22-16-21(24)8-7-19(22)2/h3,5-8,15-16H,4,9-14,17H2,1-2H3,(H,25,29). The predicted octanol–water partition coefficient (Wildman–Crippen LogP) is 4.88. The molecule has 0 amide bonds. The van der Waals surface area contributed by atoms with E-state index in [4.69, 9.17) is 28.6 Å². The molecular weight excluding hydrogens is 402 g/mol. The van der Waals surface area contributed by atoms with Crippen LogP contribution in [0.5, 0.6) is 0 Å². The largest absolute Gasteiger partial charge is 0.379 e. The highest BCUT2D eigenvalue weighted by molar-refractivity contribution is 7.80. The van der Waals surface area contributed by atoms with Crippen LogP contribution in [0.2, 0.25) is 5.02 Å². The summed E-state index contributed by atoms with van der Waals surface area (Å²) >= 11 is 12.0. The molecule has 1 heterocycles. The highest BCUT2D eigenvalue weighted by Gasteiger charge is 2.14. The number of benzene rings is 2. The minimum Gasteiger partial charge on any atom is -0.379 e. The van der Waals surface area contributed by atoms with Crippen molar-refractivity contribution in [3.63, 3.8) is 0 Å². The number of nitrogens with zero attached hydrogens (tertiary/aromatic N) is 2. The lowest BCUT2D eigenvalue weighted by Crippen LogP contribution is -2.40. The van der Waals surface area contributed by atoms with E-state index in [1.165, 1.54) is 11.1 Å². The van der Waals surface area contributed by atoms with Gasteiger partial charge in [0.15, 0.2) is 5.11 Å². The SMILES string of the molecule is Cc1cccc(CN(CCCN2CCOCC2)C(=S)Nc2cc(Cl)ccc2C)c1. The van der Waals surface area contributed by atoms with Gasteiger partial charge in [0, 0.05) is 43.4 Å². The Morgan fingerprint density at radius 1 is 1.17 bits per heavy atom. The van der Waals surface area contributed by atoms with Crippen LogP contribution in [0.3, 0.4) is 0 Å². The Hall–Kier alpha value is -1.66. The van der Waals surface area contributed by atoms with E-state index in [-0.39, 0.29) is 0 Å². The predicted molar refractivity (Wildman–Crippen MR) is 126 cm³/mol. The maximum absolute atomic E-state index is 6.18. The van der Waals surface area contributed by atoms with Gasteiger partial charge in [-0.15, -0.1) is 0 Å². The van der Waals surface area contributed by atoms with Crippen LogP contribution in [0.25, 0.3) is 0 Å². The Morgan fingerprint density at radius 2 is 1.97 bits per heavy atom. The molecule has 1 aliphatic rings. The maximum Gasteiger partial charge on any atom is 0.173 e. The highest BCUT2D eigenvalue weighted by atomic mass is 35.5. The lowest BCUT2D eigenvalue weighted by molar-refractivity contribution is 0.0368. The van der Waals surface area contributed by atoms with Crippen molar-refractivity contribution >= 4 is 34.6 Å². The van der Waals surface area contributed by atoms with Gasteiger partial charge in [-0.05, 0) is 55.7 Å². The Balaban J connectivity index is 1.66. The van der Waals surface area contributed by atoms with Gasteiger partial charge in [-0.2, -0.15) is 0 Å². The molecule has 2 aromatic rings. The zero-order chi connectivity index (χ0) is 20.6. The highest BCUT2D eigenvalue weighted by Crippen LogP contribution is 2.21. The number of nitrogens with one attached hydrogen (secondary N) is 1. The van der Waals surface area contributed by atoms with Gasteiger partial charge in [-0.1, -0.05) is 47.5 Å². The number of aryl methyl sites for hydroxylation is 2. The van der Waals surface area contributed by atoms with E-state index in [9.17, 15) is 0 Å². The lowest BCUT2D eigenvalue weighted by Gasteiger charge is -2.30. The smallest absolute Gasteiger partial charge is 0.173 e. The van der Waals surface area contributed by atoms with Crippen molar-refractivity contribution in [2.45, 2.75) is 26.8 Å². The average Bonchev–Trinajstić information content (AvgIpc) is 2.71. The fourth-order valence-electron chi connectivity index (χ4n) is 3.52. The summed E-state index contributed by atoms with van der Waals surface area (Å²) < 4.78 is 5.45. The summed E-state index contributed by atoms with van der Waals surface area (Å²) in [5, 5.41) is 4.86. The first-order valence-electron chi connectivity index (χ1n) is 10.2. The molecule has 1 fully saturated rings. The van der Waals surface area contributed by atoms with Gasteiger partial charge in [-0.25, -0.2) is 0 Å². The zero-order valence-electron chi connectivity index (χ0n) is 17.3. The van der Waals surface area contributed by atoms with Gasteiger partial charge >= 0.3 is 0 Å². The summed E-state index contributed by atoms with van der Waals surface area (Å²) in [5.41, 5.74) is 4.62. The van der Waals surface area contributed by atoms with Gasteiger partial charge in [-0.3, -0.25) is 4.90 Å². The van der Waals surface area contributed by atoms with Crippen LogP contribution in [-0.2, 0) is 11.3 Å². The van der Waals surface area contributed by atoms with Crippen LogP contribution in [0.15, 0.2) is 42.5 Å². The number of thiocarbonyl (C=S) groups is 1. The van der Waals surface area contributed by atoms with E-state index in [1.807, 2.05) is 18.2 Å². The first kappa shape index (κ1) is 22.0. The molecule has 0 aliphatic carbocycles. The van der Waals surface area contributed by atoms with Gasteiger partial charge in [0.25, 0.3) is 0 Å². The van der Waals surface area contributed by atoms with E-state index >= 15 is 0 Å². The summed E-state index contributed by atoms with van der Waals surface area (Å²) in [6.45, 7) is 10.6. The van der Waals surface area contributed by atoms with Crippen LogP contribution >= 0.6 is 23.8 Å². The van der Waals surface area contributed by atoms with Crippen molar-refractivity contribution in [3.8, 4) is 0 Å². The zero-order valence-corrected chi connectivity index (χ0v) is 18.9. The number of halogens is 1. The molecule has 29 heavy (non-hydrogen) atoms. The van der Waals surface area contributed by atoms with Gasteiger partial charge in [0.05, 0.1) is 13.2 Å². The minimum absolute atomic E-state index is 0.707. The Morgan fingerprint density at radius 3 is 2.72 bits per heavy atom. The third-order valence-electron chi connectivity index (χ3n) is 5.19. The number of rotatable bonds is 7. The third-order valence-corrected chi connectivity index (χ3v) is 5.79. The normalized spacial score (nSPS) is 14.6. The van der Waals surface area contributed by atoms with Crippen molar-refractivity contribution in [2.75, 3.05) is 44.7 Å². The molecule has 1 aliphatic heterocycles. The van der Waals surface area contributed by atoms with Crippen molar-refractivity contribution in [2.24, 2.45) is 0 Å². The molecule has 0 radical (unpaired) electrons. The molecule has 0 spiro atoms. The quantitative estimate of drug-likeness (QED) is 0.631. The third kappa shape index (κ3) is 6.96. The summed E-state index contributed by atoms with van der Waals surface area (Å²) in [6, 6.07) is 14.5. The van der Waals surface area contributed by atoms with Crippen LogP contribution in [-0.4, -0.2) is 54.3 Å². The Labute approximate surface area is 184 Å². The molecule has 0 saturated carbocycles. The molecular formula is C23H30ClN3OS. The molecule has 1 N–H and O–H groups in total. The van der Waals surface area contributed by atoms with E-state index in [0.717, 1.165) is 68.7 Å². The van der Waals surface area contributed by atoms with Gasteiger partial charge in [0.1, 0.15) is 0 Å². The van der Waals surface area contributed by atoms with Crippen molar-refractivity contribution in [1.29, 1.82) is 0 Å². The van der Waals surface area contributed by atoms with E-state index in [2.05, 4.69) is 53.2 Å². The van der Waals surface area contributed by atoms with Crippen LogP contribution < -0.4 is 5.32 Å². The summed E-state index contributed by atoms with van der Waals surface area (Å²) in [6.07, 6.45) is 1.06. The molecule has 6 heteroatoms. The molecule has 0 unspecified atom stereocenters. The Kier molecular flexibility index (Phi) is 8.30. The molecule has 1 saturated heterocycles. The second-order valence-corrected chi connectivity index (χ2v) is 8.43. The van der Waals surface area contributed by atoms with Gasteiger partial charge < -0.3 is 15.0 Å². The van der Waals surface area contributed by atoms with Crippen molar-refractivity contribution in [1.82, 2.24) is 9.80 Å². The number of ether oxygens (including phenoxy) is 1. The average molecular weight is 432 g/mol. The van der Waals surface area contributed by atoms with Crippen molar-refractivity contribution in [3.05, 3.63) is 64.2 Å². The topological polar surface area (TPSA) is 27.7 Å². The molecule has 3 rings (SSSR count). The minimum atomic E-state index is 0.707. The summed E-state index contributed by atoms with van der Waals surface area (Å²) in [4.78, 5) is 4.72. The first-order chi connectivity index (χ1) is 14.0. The molecule has 0 atom stereocenters.